The molecule has 0 saturated heterocycles. The van der Waals surface area contributed by atoms with Crippen LogP contribution in [0.15, 0.2) is 24.6 Å². The highest BCUT2D eigenvalue weighted by Crippen LogP contribution is 2.25. The van der Waals surface area contributed by atoms with Crippen molar-refractivity contribution in [2.75, 3.05) is 27.2 Å². The molecule has 0 aliphatic carbocycles. The lowest BCUT2D eigenvalue weighted by atomic mass is 10.2. The van der Waals surface area contributed by atoms with Crippen LogP contribution in [0.5, 0.6) is 0 Å². The van der Waals surface area contributed by atoms with E-state index in [1.54, 1.807) is 11.3 Å². The number of rotatable bonds is 6. The lowest BCUT2D eigenvalue weighted by Crippen LogP contribution is -2.25. The Morgan fingerprint density at radius 1 is 1.62 bits per heavy atom. The molecule has 90 valence electrons. The zero-order chi connectivity index (χ0) is 11.3. The van der Waals surface area contributed by atoms with Gasteiger partial charge in [-0.05, 0) is 18.5 Å². The van der Waals surface area contributed by atoms with Crippen molar-refractivity contribution in [2.45, 2.75) is 7.43 Å². The van der Waals surface area contributed by atoms with Crippen LogP contribution in [0.3, 0.4) is 0 Å². The third-order valence-corrected chi connectivity index (χ3v) is 3.26. The van der Waals surface area contributed by atoms with Crippen LogP contribution in [0.25, 0.3) is 11.8 Å². The van der Waals surface area contributed by atoms with Gasteiger partial charge in [-0.2, -0.15) is 0 Å². The van der Waals surface area contributed by atoms with Crippen LogP contribution < -0.4 is 5.32 Å². The van der Waals surface area contributed by atoms with Gasteiger partial charge in [0.2, 0.25) is 0 Å². The SMILES string of the molecule is C.C=Cc1sccc1C(=C)N(C)CCNC. The molecule has 1 rings (SSSR count). The molecule has 0 atom stereocenters. The van der Waals surface area contributed by atoms with E-state index in [0.717, 1.165) is 18.8 Å². The van der Waals surface area contributed by atoms with E-state index >= 15 is 0 Å². The van der Waals surface area contributed by atoms with Crippen molar-refractivity contribution in [1.29, 1.82) is 0 Å². The van der Waals surface area contributed by atoms with Crippen LogP contribution in [0.2, 0.25) is 0 Å². The van der Waals surface area contributed by atoms with E-state index in [1.165, 1.54) is 10.4 Å². The lowest BCUT2D eigenvalue weighted by Gasteiger charge is -2.21. The molecule has 0 fully saturated rings. The van der Waals surface area contributed by atoms with Crippen LogP contribution in [0.4, 0.5) is 0 Å². The van der Waals surface area contributed by atoms with Crippen molar-refractivity contribution in [3.05, 3.63) is 35.0 Å². The molecule has 0 aliphatic rings. The predicted octanol–water partition coefficient (Wildman–Crippen LogP) is 3.15. The number of thiophene rings is 1. The molecule has 1 N–H and O–H groups in total. The molecule has 0 aliphatic heterocycles. The Bertz CT molecular complexity index is 341. The van der Waals surface area contributed by atoms with Crippen molar-refractivity contribution in [3.8, 4) is 0 Å². The van der Waals surface area contributed by atoms with E-state index in [-0.39, 0.29) is 7.43 Å². The molecular formula is C13H22N2S. The zero-order valence-electron chi connectivity index (χ0n) is 9.42. The Hall–Kier alpha value is -1.06. The summed E-state index contributed by atoms with van der Waals surface area (Å²) in [6, 6.07) is 2.10. The van der Waals surface area contributed by atoms with E-state index in [1.807, 2.05) is 13.1 Å². The molecular weight excluding hydrogens is 216 g/mol. The quantitative estimate of drug-likeness (QED) is 0.819. The van der Waals surface area contributed by atoms with Gasteiger partial charge in [-0.25, -0.2) is 0 Å². The molecule has 0 bridgehead atoms. The molecule has 16 heavy (non-hydrogen) atoms. The number of nitrogens with one attached hydrogen (secondary N) is 1. The monoisotopic (exact) mass is 238 g/mol. The zero-order valence-corrected chi connectivity index (χ0v) is 10.2. The summed E-state index contributed by atoms with van der Waals surface area (Å²) in [6.07, 6.45) is 1.89. The van der Waals surface area contributed by atoms with Gasteiger partial charge in [0.05, 0.1) is 0 Å². The van der Waals surface area contributed by atoms with Crippen molar-refractivity contribution >= 4 is 23.1 Å². The summed E-state index contributed by atoms with van der Waals surface area (Å²) in [5.41, 5.74) is 2.25. The highest BCUT2D eigenvalue weighted by Gasteiger charge is 2.08. The Morgan fingerprint density at radius 3 is 2.88 bits per heavy atom. The summed E-state index contributed by atoms with van der Waals surface area (Å²) >= 11 is 1.70. The fourth-order valence-corrected chi connectivity index (χ4v) is 2.10. The third-order valence-electron chi connectivity index (χ3n) is 2.35. The molecule has 0 aromatic carbocycles. The van der Waals surface area contributed by atoms with Gasteiger partial charge in [-0.3, -0.25) is 0 Å². The summed E-state index contributed by atoms with van der Waals surface area (Å²) < 4.78 is 0. The average Bonchev–Trinajstić information content (AvgIpc) is 2.72. The average molecular weight is 238 g/mol. The maximum Gasteiger partial charge on any atom is 0.0379 e. The number of nitrogens with zero attached hydrogens (tertiary/aromatic N) is 1. The number of likely N-dealkylation sites (N-methyl/N-ethyl adjacent to an activating group) is 2. The molecule has 0 unspecified atom stereocenters. The van der Waals surface area contributed by atoms with Crippen molar-refractivity contribution in [1.82, 2.24) is 10.2 Å². The van der Waals surface area contributed by atoms with E-state index in [4.69, 9.17) is 0 Å². The van der Waals surface area contributed by atoms with Gasteiger partial charge in [0.15, 0.2) is 0 Å². The smallest absolute Gasteiger partial charge is 0.0379 e. The van der Waals surface area contributed by atoms with Gasteiger partial charge in [0.1, 0.15) is 0 Å². The lowest BCUT2D eigenvalue weighted by molar-refractivity contribution is 0.474. The van der Waals surface area contributed by atoms with Gasteiger partial charge in [-0.15, -0.1) is 11.3 Å². The molecule has 0 saturated carbocycles. The molecule has 1 aromatic heterocycles. The minimum atomic E-state index is 0. The van der Waals surface area contributed by atoms with Crippen LogP contribution in [-0.2, 0) is 0 Å². The van der Waals surface area contributed by atoms with E-state index in [2.05, 4.69) is 41.9 Å². The molecule has 2 nitrogen and oxygen atoms in total. The Morgan fingerprint density at radius 2 is 2.31 bits per heavy atom. The molecule has 0 spiro atoms. The maximum absolute atomic E-state index is 4.12. The van der Waals surface area contributed by atoms with Crippen LogP contribution in [-0.4, -0.2) is 32.1 Å². The Balaban J connectivity index is 0.00000225. The minimum absolute atomic E-state index is 0. The van der Waals surface area contributed by atoms with E-state index in [0.29, 0.717) is 0 Å². The van der Waals surface area contributed by atoms with Crippen LogP contribution in [0, 0.1) is 0 Å². The predicted molar refractivity (Wildman–Crippen MR) is 76.7 cm³/mol. The Kier molecular flexibility index (Phi) is 6.77. The molecule has 1 aromatic rings. The first-order valence-electron chi connectivity index (χ1n) is 4.95. The Labute approximate surface area is 103 Å². The third kappa shape index (κ3) is 3.51. The van der Waals surface area contributed by atoms with E-state index < -0.39 is 0 Å². The fraction of sp³-hybridized carbons (Fsp3) is 0.385. The van der Waals surface area contributed by atoms with Gasteiger partial charge in [0.25, 0.3) is 0 Å². The summed E-state index contributed by atoms with van der Waals surface area (Å²) in [5.74, 6) is 0. The maximum atomic E-state index is 4.12. The molecule has 1 heterocycles. The summed E-state index contributed by atoms with van der Waals surface area (Å²) in [7, 11) is 4.01. The van der Waals surface area contributed by atoms with Crippen molar-refractivity contribution in [3.63, 3.8) is 0 Å². The highest BCUT2D eigenvalue weighted by atomic mass is 32.1. The van der Waals surface area contributed by atoms with E-state index in [9.17, 15) is 0 Å². The molecule has 0 radical (unpaired) electrons. The fourth-order valence-electron chi connectivity index (χ4n) is 1.34. The number of hydrogen-bond donors (Lipinski definition) is 1. The first kappa shape index (κ1) is 14.9. The van der Waals surface area contributed by atoms with Crippen LogP contribution >= 0.6 is 11.3 Å². The van der Waals surface area contributed by atoms with Crippen LogP contribution in [0.1, 0.15) is 17.9 Å². The summed E-state index contributed by atoms with van der Waals surface area (Å²) in [5, 5.41) is 5.20. The second kappa shape index (κ2) is 7.25. The second-order valence-corrected chi connectivity index (χ2v) is 4.32. The normalized spacial score (nSPS) is 9.38. The van der Waals surface area contributed by atoms with Gasteiger partial charge >= 0.3 is 0 Å². The van der Waals surface area contributed by atoms with Crippen molar-refractivity contribution < 1.29 is 0 Å². The standard InChI is InChI=1S/C12H18N2S.CH4/c1-5-12-11(6-9-15-12)10(2)14(4)8-7-13-3;/h5-6,9,13H,1-2,7-8H2,3-4H3;1H4. The largest absolute Gasteiger partial charge is 0.373 e. The van der Waals surface area contributed by atoms with Gasteiger partial charge in [0, 0.05) is 36.3 Å². The minimum Gasteiger partial charge on any atom is -0.373 e. The second-order valence-electron chi connectivity index (χ2n) is 3.37. The topological polar surface area (TPSA) is 15.3 Å². The van der Waals surface area contributed by atoms with Gasteiger partial charge in [-0.1, -0.05) is 26.7 Å². The van der Waals surface area contributed by atoms with Crippen molar-refractivity contribution in [2.24, 2.45) is 0 Å². The first-order chi connectivity index (χ1) is 7.20. The number of hydrogen-bond acceptors (Lipinski definition) is 3. The highest BCUT2D eigenvalue weighted by molar-refractivity contribution is 7.11. The molecule has 0 amide bonds. The van der Waals surface area contributed by atoms with Gasteiger partial charge < -0.3 is 10.2 Å². The first-order valence-corrected chi connectivity index (χ1v) is 5.83. The molecule has 3 heteroatoms. The summed E-state index contributed by atoms with van der Waals surface area (Å²) in [4.78, 5) is 3.35. The summed E-state index contributed by atoms with van der Waals surface area (Å²) in [6.45, 7) is 9.84.